The maximum Gasteiger partial charge on any atom is 0.253 e. The van der Waals surface area contributed by atoms with Gasteiger partial charge in [-0.3, -0.25) is 19.2 Å². The molecular formula is C67H94N8O7. The number of carbonyl (C=O) groups excluding carboxylic acids is 2. The van der Waals surface area contributed by atoms with Gasteiger partial charge in [0.05, 0.1) is 6.10 Å². The summed E-state index contributed by atoms with van der Waals surface area (Å²) < 4.78 is 11.3. The van der Waals surface area contributed by atoms with Crippen LogP contribution in [0, 0.1) is 63.2 Å². The minimum absolute atomic E-state index is 0.144. The zero-order chi connectivity index (χ0) is 59.0. The van der Waals surface area contributed by atoms with E-state index in [4.69, 9.17) is 9.47 Å². The minimum Gasteiger partial charge on any atom is -0.392 e. The van der Waals surface area contributed by atoms with Gasteiger partial charge in [-0.15, -0.1) is 0 Å². The van der Waals surface area contributed by atoms with Crippen molar-refractivity contribution in [1.82, 2.24) is 30.8 Å². The van der Waals surface area contributed by atoms with Crippen LogP contribution in [-0.4, -0.2) is 122 Å². The van der Waals surface area contributed by atoms with Gasteiger partial charge < -0.3 is 55.2 Å². The van der Waals surface area contributed by atoms with Gasteiger partial charge in [-0.1, -0.05) is 51.4 Å². The Morgan fingerprint density at radius 3 is 1.40 bits per heavy atom. The Morgan fingerprint density at radius 1 is 0.622 bits per heavy atom. The van der Waals surface area contributed by atoms with Gasteiger partial charge >= 0.3 is 0 Å². The number of ether oxygens (including phenoxy) is 2. The molecule has 0 aliphatic carbocycles. The molecule has 4 aliphatic rings. The van der Waals surface area contributed by atoms with Crippen LogP contribution < -0.4 is 36.9 Å². The summed E-state index contributed by atoms with van der Waals surface area (Å²) in [5.41, 5.74) is 11.3. The van der Waals surface area contributed by atoms with Crippen LogP contribution in [0.3, 0.4) is 0 Å². The number of aromatic nitrogens is 2. The number of β-amino-alcohol motifs (C(OH)–C–C–N with tert-alkyl or cyclic N) is 1. The number of hydrogen-bond donors (Lipinski definition) is 6. The predicted octanol–water partition coefficient (Wildman–Crippen LogP) is 8.90. The molecule has 6 heterocycles. The van der Waals surface area contributed by atoms with Gasteiger partial charge in [0.2, 0.25) is 0 Å². The van der Waals surface area contributed by atoms with Gasteiger partial charge in [0.15, 0.2) is 0 Å². The quantitative estimate of drug-likeness (QED) is 0.0589. The number of piperidine rings is 2. The van der Waals surface area contributed by atoms with E-state index < -0.39 is 0 Å². The number of carbonyl (C=O) groups is 2. The smallest absolute Gasteiger partial charge is 0.253 e. The summed E-state index contributed by atoms with van der Waals surface area (Å²) in [6.07, 6.45) is 7.54. The second kappa shape index (κ2) is 30.4. The molecule has 15 heteroatoms. The third-order valence-corrected chi connectivity index (χ3v) is 16.8. The summed E-state index contributed by atoms with van der Waals surface area (Å²) in [6.45, 7) is 31.8. The molecule has 0 bridgehead atoms. The Hall–Kier alpha value is -6.20. The fourth-order valence-corrected chi connectivity index (χ4v) is 12.2. The van der Waals surface area contributed by atoms with E-state index in [1.165, 1.54) is 0 Å². The Kier molecular flexibility index (Phi) is 23.5. The predicted molar refractivity (Wildman–Crippen MR) is 330 cm³/mol. The van der Waals surface area contributed by atoms with Crippen molar-refractivity contribution >= 4 is 23.2 Å². The zero-order valence-corrected chi connectivity index (χ0v) is 51.1. The number of aliphatic hydroxyl groups excluding tert-OH is 1. The van der Waals surface area contributed by atoms with Crippen LogP contribution in [0.1, 0.15) is 188 Å². The summed E-state index contributed by atoms with van der Waals surface area (Å²) in [7, 11) is 0. The van der Waals surface area contributed by atoms with Crippen molar-refractivity contribution in [3.05, 3.63) is 124 Å². The summed E-state index contributed by atoms with van der Waals surface area (Å²) >= 11 is 0. The van der Waals surface area contributed by atoms with E-state index in [9.17, 15) is 24.3 Å². The van der Waals surface area contributed by atoms with E-state index in [2.05, 4.69) is 118 Å². The topological polar surface area (TPSA) is 184 Å². The fourth-order valence-electron chi connectivity index (χ4n) is 12.2. The lowest BCUT2D eigenvalue weighted by atomic mass is 9.95. The Labute approximate surface area is 488 Å². The molecule has 1 atom stereocenters. The number of H-pyrrole nitrogens is 2. The van der Waals surface area contributed by atoms with Crippen LogP contribution in [-0.2, 0) is 22.6 Å². The lowest BCUT2D eigenvalue weighted by molar-refractivity contribution is 0.0845. The molecule has 82 heavy (non-hydrogen) atoms. The molecule has 2 aromatic heterocycles. The first-order chi connectivity index (χ1) is 39.3. The molecule has 0 unspecified atom stereocenters. The van der Waals surface area contributed by atoms with E-state index in [0.29, 0.717) is 46.8 Å². The average molecular weight is 1120 g/mol. The number of nitrogens with zero attached hydrogens (tertiary/aromatic N) is 3. The molecule has 4 saturated heterocycles. The Morgan fingerprint density at radius 2 is 1.02 bits per heavy atom. The molecule has 0 radical (unpaired) electrons. The molecule has 8 rings (SSSR count). The number of rotatable bonds is 16. The third kappa shape index (κ3) is 17.0. The fraction of sp³-hybridized carbons (Fsp3) is 0.582. The number of anilines is 2. The molecule has 4 aromatic rings. The van der Waals surface area contributed by atoms with E-state index in [0.717, 1.165) is 173 Å². The van der Waals surface area contributed by atoms with E-state index in [1.54, 1.807) is 0 Å². The van der Waals surface area contributed by atoms with Crippen molar-refractivity contribution < 1.29 is 24.2 Å². The van der Waals surface area contributed by atoms with E-state index >= 15 is 0 Å². The van der Waals surface area contributed by atoms with Crippen molar-refractivity contribution in [2.75, 3.05) is 82.0 Å². The maximum absolute atomic E-state index is 13.8. The number of aromatic amines is 2. The molecule has 2 amide bonds. The maximum atomic E-state index is 13.8. The first-order valence-corrected chi connectivity index (χ1v) is 30.5. The lowest BCUT2D eigenvalue weighted by Crippen LogP contribution is -2.40. The standard InChI is InChI=1S/C35H50N4O4.C32H44N4O3/c1-7-39(29-12-16-43-17-13-29)33-20-28(9-8-27-10-14-38(15-11-27)22-25(5)40)19-31(26(33)6)34(41)36-21-32-30(23(2)3)18-24(4)37-35(32)42;1-6-36(26-11-15-39-16-12-26)30-19-25(8-7-24-9-13-33-14-10-24)18-28(23(30)5)31(37)34-20-29-27(21(2)3)17-22(4)35-32(29)38/h18-20,23,25,27,29,40H,7,10-17,21-22H2,1-6H3,(H,36,41)(H,37,42);17-19,21,24,26,33H,6,9-16,20H2,1-5H3,(H,34,37)(H,35,38)/t25-;/m0./s1. The van der Waals surface area contributed by atoms with Crippen molar-refractivity contribution in [2.24, 2.45) is 11.8 Å². The highest BCUT2D eigenvalue weighted by Crippen LogP contribution is 2.33. The summed E-state index contributed by atoms with van der Waals surface area (Å²) in [5, 5.41) is 19.2. The molecule has 4 aliphatic heterocycles. The van der Waals surface area contributed by atoms with Gasteiger partial charge in [-0.2, -0.15) is 0 Å². The zero-order valence-electron chi connectivity index (χ0n) is 51.1. The molecule has 4 fully saturated rings. The summed E-state index contributed by atoms with van der Waals surface area (Å²) in [6, 6.07) is 12.8. The minimum atomic E-state index is -0.322. The van der Waals surface area contributed by atoms with Gasteiger partial charge in [0.1, 0.15) is 0 Å². The molecule has 15 nitrogen and oxygen atoms in total. The number of nitrogens with one attached hydrogen (secondary N) is 5. The van der Waals surface area contributed by atoms with Gasteiger partial charge in [-0.25, -0.2) is 0 Å². The second-order valence-corrected chi connectivity index (χ2v) is 23.7. The van der Waals surface area contributed by atoms with Gasteiger partial charge in [0, 0.05) is 139 Å². The van der Waals surface area contributed by atoms with Crippen LogP contribution >= 0.6 is 0 Å². The second-order valence-electron chi connectivity index (χ2n) is 23.7. The van der Waals surface area contributed by atoms with E-state index in [1.807, 2.05) is 58.9 Å². The van der Waals surface area contributed by atoms with Crippen LogP contribution in [0.25, 0.3) is 0 Å². The summed E-state index contributed by atoms with van der Waals surface area (Å²) in [4.78, 5) is 66.0. The van der Waals surface area contributed by atoms with Crippen molar-refractivity contribution in [3.63, 3.8) is 0 Å². The van der Waals surface area contributed by atoms with Crippen molar-refractivity contribution in [3.8, 4) is 23.7 Å². The SMILES string of the molecule is CCN(c1cc(C#CC2CCN(C[C@H](C)O)CC2)cc(C(=O)NCc2c(C(C)C)cc(C)[nH]c2=O)c1C)C1CCOCC1.CCN(c1cc(C#CC2CCNCC2)cc(C(=O)NCc2c(C(C)C)cc(C)[nH]c2=O)c1C)C1CCOCC1. The van der Waals surface area contributed by atoms with Crippen molar-refractivity contribution in [1.29, 1.82) is 0 Å². The number of benzene rings is 2. The highest BCUT2D eigenvalue weighted by atomic mass is 16.5. The Balaban J connectivity index is 0.000000237. The molecule has 444 valence electrons. The number of hydrogen-bond acceptors (Lipinski definition) is 11. The largest absolute Gasteiger partial charge is 0.392 e. The number of amides is 2. The molecule has 6 N–H and O–H groups in total. The monoisotopic (exact) mass is 1120 g/mol. The van der Waals surface area contributed by atoms with Crippen LogP contribution in [0.5, 0.6) is 0 Å². The lowest BCUT2D eigenvalue weighted by Gasteiger charge is -2.36. The van der Waals surface area contributed by atoms with Gasteiger partial charge in [-0.05, 0) is 196 Å². The number of likely N-dealkylation sites (tertiary alicyclic amines) is 1. The Bertz CT molecular complexity index is 3060. The molecular weight excluding hydrogens is 1030 g/mol. The third-order valence-electron chi connectivity index (χ3n) is 16.8. The normalized spacial score (nSPS) is 17.0. The van der Waals surface area contributed by atoms with E-state index in [-0.39, 0.29) is 59.9 Å². The first kappa shape index (κ1) is 63.4. The highest BCUT2D eigenvalue weighted by Gasteiger charge is 2.28. The molecule has 0 saturated carbocycles. The van der Waals surface area contributed by atoms with Crippen LogP contribution in [0.15, 0.2) is 46.0 Å². The number of pyridine rings is 2. The van der Waals surface area contributed by atoms with Gasteiger partial charge in [0.25, 0.3) is 22.9 Å². The number of aryl methyl sites for hydroxylation is 2. The van der Waals surface area contributed by atoms with Crippen molar-refractivity contribution in [2.45, 2.75) is 171 Å². The van der Waals surface area contributed by atoms with Crippen LogP contribution in [0.4, 0.5) is 11.4 Å². The first-order valence-electron chi connectivity index (χ1n) is 30.5. The summed E-state index contributed by atoms with van der Waals surface area (Å²) in [5.74, 6) is 14.4. The number of aliphatic hydroxyl groups is 1. The molecule has 0 spiro atoms. The highest BCUT2D eigenvalue weighted by molar-refractivity contribution is 5.98. The van der Waals surface area contributed by atoms with Crippen LogP contribution in [0.2, 0.25) is 0 Å². The molecule has 2 aromatic carbocycles. The average Bonchev–Trinajstić information content (AvgIpc) is 3.46.